The molecule has 0 radical (unpaired) electrons. The van der Waals surface area contributed by atoms with E-state index in [-0.39, 0.29) is 6.03 Å². The van der Waals surface area contributed by atoms with E-state index in [0.29, 0.717) is 6.54 Å². The molecule has 0 saturated heterocycles. The van der Waals surface area contributed by atoms with Gasteiger partial charge in [-0.05, 0) is 18.1 Å². The number of aromatic nitrogens is 1. The number of carbonyl (C=O) groups is 1. The molecule has 0 spiro atoms. The normalized spacial score (nSPS) is 10.0. The van der Waals surface area contributed by atoms with E-state index >= 15 is 0 Å². The van der Waals surface area contributed by atoms with E-state index in [2.05, 4.69) is 17.2 Å². The van der Waals surface area contributed by atoms with Gasteiger partial charge in [-0.15, -0.1) is 0 Å². The molecule has 4 nitrogen and oxygen atoms in total. The molecular weight excluding hydrogens is 214 g/mol. The number of pyridine rings is 1. The Hall–Kier alpha value is -1.58. The molecule has 2 amide bonds. The number of nitrogens with one attached hydrogen (secondary N) is 1. The molecule has 0 aliphatic rings. The van der Waals surface area contributed by atoms with E-state index in [1.807, 2.05) is 17.0 Å². The van der Waals surface area contributed by atoms with Crippen LogP contribution in [0.5, 0.6) is 0 Å². The van der Waals surface area contributed by atoms with Gasteiger partial charge in [-0.1, -0.05) is 25.8 Å². The predicted molar refractivity (Wildman–Crippen MR) is 68.6 cm³/mol. The molecule has 0 atom stereocenters. The highest BCUT2D eigenvalue weighted by atomic mass is 16.2. The standard InChI is InChI=1S/C13H21N3O/c1-3-4-5-9-16(13(17)14-2)11-12-7-6-8-15-10-12/h6-8,10H,3-5,9,11H2,1-2H3,(H,14,17). The van der Waals surface area contributed by atoms with Crippen LogP contribution in [0.15, 0.2) is 24.5 Å². The summed E-state index contributed by atoms with van der Waals surface area (Å²) in [5.74, 6) is 0. The highest BCUT2D eigenvalue weighted by molar-refractivity contribution is 5.73. The largest absolute Gasteiger partial charge is 0.341 e. The Balaban J connectivity index is 2.54. The first-order chi connectivity index (χ1) is 8.27. The van der Waals surface area contributed by atoms with E-state index in [9.17, 15) is 4.79 Å². The summed E-state index contributed by atoms with van der Waals surface area (Å²) in [6, 6.07) is 3.86. The second-order valence-corrected chi connectivity index (χ2v) is 4.05. The third-order valence-corrected chi connectivity index (χ3v) is 2.63. The fraction of sp³-hybridized carbons (Fsp3) is 0.538. The van der Waals surface area contributed by atoms with Crippen molar-refractivity contribution >= 4 is 6.03 Å². The Morgan fingerprint density at radius 1 is 1.47 bits per heavy atom. The minimum absolute atomic E-state index is 0.0232. The van der Waals surface area contributed by atoms with Gasteiger partial charge in [0, 0.05) is 32.5 Å². The summed E-state index contributed by atoms with van der Waals surface area (Å²) in [6.07, 6.45) is 6.90. The summed E-state index contributed by atoms with van der Waals surface area (Å²) < 4.78 is 0. The van der Waals surface area contributed by atoms with E-state index in [4.69, 9.17) is 0 Å². The molecule has 1 aromatic heterocycles. The van der Waals surface area contributed by atoms with E-state index < -0.39 is 0 Å². The summed E-state index contributed by atoms with van der Waals surface area (Å²) >= 11 is 0. The Bertz CT molecular complexity index is 327. The first-order valence-electron chi connectivity index (χ1n) is 6.13. The molecule has 17 heavy (non-hydrogen) atoms. The van der Waals surface area contributed by atoms with E-state index in [1.54, 1.807) is 19.4 Å². The van der Waals surface area contributed by atoms with Crippen LogP contribution in [0, 0.1) is 0 Å². The van der Waals surface area contributed by atoms with Crippen molar-refractivity contribution in [2.75, 3.05) is 13.6 Å². The molecule has 0 aliphatic heterocycles. The minimum Gasteiger partial charge on any atom is -0.341 e. The van der Waals surface area contributed by atoms with Crippen LogP contribution in [0.25, 0.3) is 0 Å². The summed E-state index contributed by atoms with van der Waals surface area (Å²) in [5, 5.41) is 2.68. The zero-order valence-electron chi connectivity index (χ0n) is 10.6. The van der Waals surface area contributed by atoms with Crippen LogP contribution in [-0.4, -0.2) is 29.5 Å². The lowest BCUT2D eigenvalue weighted by molar-refractivity contribution is 0.196. The van der Waals surface area contributed by atoms with Crippen molar-refractivity contribution in [1.29, 1.82) is 0 Å². The monoisotopic (exact) mass is 235 g/mol. The van der Waals surface area contributed by atoms with Crippen LogP contribution in [0.2, 0.25) is 0 Å². The Labute approximate surface area is 103 Å². The topological polar surface area (TPSA) is 45.2 Å². The van der Waals surface area contributed by atoms with Crippen molar-refractivity contribution < 1.29 is 4.79 Å². The average Bonchev–Trinajstić information content (AvgIpc) is 2.38. The lowest BCUT2D eigenvalue weighted by Gasteiger charge is -2.22. The van der Waals surface area contributed by atoms with Crippen LogP contribution < -0.4 is 5.32 Å². The van der Waals surface area contributed by atoms with E-state index in [1.165, 1.54) is 0 Å². The van der Waals surface area contributed by atoms with E-state index in [0.717, 1.165) is 31.4 Å². The number of hydrogen-bond donors (Lipinski definition) is 1. The third-order valence-electron chi connectivity index (χ3n) is 2.63. The lowest BCUT2D eigenvalue weighted by Crippen LogP contribution is -2.38. The van der Waals surface area contributed by atoms with Gasteiger partial charge in [0.25, 0.3) is 0 Å². The van der Waals surface area contributed by atoms with Crippen LogP contribution in [0.1, 0.15) is 31.7 Å². The molecule has 0 aromatic carbocycles. The zero-order valence-corrected chi connectivity index (χ0v) is 10.6. The number of rotatable bonds is 6. The van der Waals surface area contributed by atoms with Crippen molar-refractivity contribution in [3.05, 3.63) is 30.1 Å². The Morgan fingerprint density at radius 2 is 2.29 bits per heavy atom. The fourth-order valence-corrected chi connectivity index (χ4v) is 1.68. The Kier molecular flexibility index (Phi) is 6.07. The van der Waals surface area contributed by atoms with Gasteiger partial charge in [-0.3, -0.25) is 4.98 Å². The molecule has 0 unspecified atom stereocenters. The number of amides is 2. The van der Waals surface area contributed by atoms with Crippen molar-refractivity contribution in [3.8, 4) is 0 Å². The van der Waals surface area contributed by atoms with Crippen LogP contribution in [0.4, 0.5) is 4.79 Å². The summed E-state index contributed by atoms with van der Waals surface area (Å²) in [6.45, 7) is 3.57. The lowest BCUT2D eigenvalue weighted by atomic mass is 10.2. The van der Waals surface area contributed by atoms with Gasteiger partial charge in [-0.25, -0.2) is 4.79 Å². The Morgan fingerprint density at radius 3 is 2.88 bits per heavy atom. The maximum absolute atomic E-state index is 11.7. The predicted octanol–water partition coefficient (Wildman–Crippen LogP) is 2.41. The van der Waals surface area contributed by atoms with Gasteiger partial charge in [0.15, 0.2) is 0 Å². The molecule has 0 bridgehead atoms. The van der Waals surface area contributed by atoms with Gasteiger partial charge in [-0.2, -0.15) is 0 Å². The second kappa shape index (κ2) is 7.65. The fourth-order valence-electron chi connectivity index (χ4n) is 1.68. The van der Waals surface area contributed by atoms with Crippen molar-refractivity contribution in [2.45, 2.75) is 32.7 Å². The number of urea groups is 1. The molecule has 0 fully saturated rings. The van der Waals surface area contributed by atoms with Crippen molar-refractivity contribution in [1.82, 2.24) is 15.2 Å². The second-order valence-electron chi connectivity index (χ2n) is 4.05. The van der Waals surface area contributed by atoms with Gasteiger partial charge in [0.05, 0.1) is 0 Å². The van der Waals surface area contributed by atoms with Gasteiger partial charge in [0.2, 0.25) is 0 Å². The molecule has 4 heteroatoms. The molecule has 1 aromatic rings. The molecule has 0 aliphatic carbocycles. The minimum atomic E-state index is -0.0232. The highest BCUT2D eigenvalue weighted by Crippen LogP contribution is 2.05. The number of carbonyl (C=O) groups excluding carboxylic acids is 1. The first kappa shape index (κ1) is 13.5. The molecule has 1 heterocycles. The third kappa shape index (κ3) is 4.85. The summed E-state index contributed by atoms with van der Waals surface area (Å²) in [4.78, 5) is 17.6. The maximum atomic E-state index is 11.7. The van der Waals surface area contributed by atoms with Gasteiger partial charge in [0.1, 0.15) is 0 Å². The highest BCUT2D eigenvalue weighted by Gasteiger charge is 2.11. The quantitative estimate of drug-likeness (QED) is 0.770. The number of hydrogen-bond acceptors (Lipinski definition) is 2. The zero-order chi connectivity index (χ0) is 12.5. The van der Waals surface area contributed by atoms with Crippen molar-refractivity contribution in [2.24, 2.45) is 0 Å². The molecule has 94 valence electrons. The number of nitrogens with zero attached hydrogens (tertiary/aromatic N) is 2. The van der Waals surface area contributed by atoms with Crippen molar-refractivity contribution in [3.63, 3.8) is 0 Å². The van der Waals surface area contributed by atoms with Crippen LogP contribution in [0.3, 0.4) is 0 Å². The van der Waals surface area contributed by atoms with Crippen LogP contribution in [-0.2, 0) is 6.54 Å². The molecule has 1 rings (SSSR count). The first-order valence-corrected chi connectivity index (χ1v) is 6.13. The summed E-state index contributed by atoms with van der Waals surface area (Å²) in [7, 11) is 1.67. The maximum Gasteiger partial charge on any atom is 0.317 e. The average molecular weight is 235 g/mol. The van der Waals surface area contributed by atoms with Gasteiger partial charge < -0.3 is 10.2 Å². The molecular formula is C13H21N3O. The van der Waals surface area contributed by atoms with Gasteiger partial charge >= 0.3 is 6.03 Å². The molecule has 1 N–H and O–H groups in total. The molecule has 0 saturated carbocycles. The van der Waals surface area contributed by atoms with Crippen LogP contribution >= 0.6 is 0 Å². The SMILES string of the molecule is CCCCCN(Cc1cccnc1)C(=O)NC. The number of unbranched alkanes of at least 4 members (excludes halogenated alkanes) is 2. The summed E-state index contributed by atoms with van der Waals surface area (Å²) in [5.41, 5.74) is 1.06. The smallest absolute Gasteiger partial charge is 0.317 e.